The smallest absolute Gasteiger partial charge is 0.263 e. The van der Waals surface area contributed by atoms with Crippen LogP contribution >= 0.6 is 11.6 Å². The summed E-state index contributed by atoms with van der Waals surface area (Å²) in [4.78, 5) is 26.3. The summed E-state index contributed by atoms with van der Waals surface area (Å²) in [5.74, 6) is -1.38. The van der Waals surface area contributed by atoms with Crippen molar-refractivity contribution in [2.75, 3.05) is 9.91 Å². The van der Waals surface area contributed by atoms with Gasteiger partial charge >= 0.3 is 0 Å². The first-order valence-corrected chi connectivity index (χ1v) is 7.53. The number of nitrogens with zero attached hydrogens (tertiary/aromatic N) is 4. The van der Waals surface area contributed by atoms with Gasteiger partial charge in [-0.2, -0.15) is 5.11 Å². The zero-order chi connectivity index (χ0) is 16.8. The van der Waals surface area contributed by atoms with E-state index in [-0.39, 0.29) is 0 Å². The molecule has 1 saturated heterocycles. The number of carbonyl (C=O) groups is 2. The van der Waals surface area contributed by atoms with Gasteiger partial charge < -0.3 is 0 Å². The molecular weight excluding hydrogens is 335 g/mol. The quantitative estimate of drug-likeness (QED) is 0.787. The van der Waals surface area contributed by atoms with Gasteiger partial charge in [0.15, 0.2) is 12.1 Å². The van der Waals surface area contributed by atoms with Crippen molar-refractivity contribution in [3.05, 3.63) is 59.4 Å². The number of hydrogen-bond donors (Lipinski definition) is 0. The fourth-order valence-corrected chi connectivity index (χ4v) is 3.02. The maximum atomic E-state index is 13.1. The van der Waals surface area contributed by atoms with Crippen LogP contribution in [0.25, 0.3) is 0 Å². The second-order valence-corrected chi connectivity index (χ2v) is 5.84. The van der Waals surface area contributed by atoms with E-state index in [1.54, 1.807) is 24.3 Å². The standard InChI is InChI=1S/C16H10ClFN4O2/c17-9-2-1-3-12(8-9)22-14-13(19-20-22)15(23)21(16(14)24)11-6-4-10(18)5-7-11/h1-8,13-14H/t13-,14+/m0/s1. The minimum absolute atomic E-state index is 0.307. The monoisotopic (exact) mass is 344 g/mol. The summed E-state index contributed by atoms with van der Waals surface area (Å²) in [6.45, 7) is 0. The molecule has 2 aliphatic heterocycles. The lowest BCUT2D eigenvalue weighted by Crippen LogP contribution is -2.39. The summed E-state index contributed by atoms with van der Waals surface area (Å²) in [5.41, 5.74) is 0.878. The molecule has 4 rings (SSSR count). The Morgan fingerprint density at radius 2 is 1.75 bits per heavy atom. The van der Waals surface area contributed by atoms with Crippen molar-refractivity contribution < 1.29 is 14.0 Å². The van der Waals surface area contributed by atoms with E-state index >= 15 is 0 Å². The van der Waals surface area contributed by atoms with Crippen LogP contribution in [0.4, 0.5) is 15.8 Å². The van der Waals surface area contributed by atoms with Crippen molar-refractivity contribution in [3.8, 4) is 0 Å². The van der Waals surface area contributed by atoms with Gasteiger partial charge in [0.05, 0.1) is 11.4 Å². The molecule has 0 unspecified atom stereocenters. The number of benzene rings is 2. The van der Waals surface area contributed by atoms with Crippen molar-refractivity contribution >= 4 is 34.8 Å². The highest BCUT2D eigenvalue weighted by Gasteiger charge is 2.55. The minimum atomic E-state index is -0.915. The van der Waals surface area contributed by atoms with Crippen molar-refractivity contribution in [1.29, 1.82) is 0 Å². The van der Waals surface area contributed by atoms with Crippen LogP contribution in [0.15, 0.2) is 58.9 Å². The Morgan fingerprint density at radius 1 is 1.00 bits per heavy atom. The van der Waals surface area contributed by atoms with Crippen LogP contribution in [0.3, 0.4) is 0 Å². The number of hydrogen-bond acceptors (Lipinski definition) is 5. The molecule has 6 nitrogen and oxygen atoms in total. The normalized spacial score (nSPS) is 22.4. The summed E-state index contributed by atoms with van der Waals surface area (Å²) in [6, 6.07) is 10.2. The molecule has 0 aliphatic carbocycles. The average Bonchev–Trinajstić information content (AvgIpc) is 3.10. The van der Waals surface area contributed by atoms with Gasteiger partial charge in [-0.1, -0.05) is 22.9 Å². The van der Waals surface area contributed by atoms with Gasteiger partial charge in [0.2, 0.25) is 0 Å². The molecule has 120 valence electrons. The van der Waals surface area contributed by atoms with Crippen molar-refractivity contribution in [2.45, 2.75) is 12.1 Å². The fraction of sp³-hybridized carbons (Fsp3) is 0.125. The minimum Gasteiger partial charge on any atom is -0.271 e. The molecule has 2 aromatic carbocycles. The molecule has 2 aromatic rings. The number of fused-ring (bicyclic) bond motifs is 1. The molecule has 2 amide bonds. The Bertz CT molecular complexity index is 871. The second-order valence-electron chi connectivity index (χ2n) is 5.41. The SMILES string of the molecule is O=C1[C@H]2N=NN(c3cccc(Cl)c3)[C@H]2C(=O)N1c1ccc(F)cc1. The summed E-state index contributed by atoms with van der Waals surface area (Å²) >= 11 is 5.97. The van der Waals surface area contributed by atoms with Crippen molar-refractivity contribution in [1.82, 2.24) is 0 Å². The van der Waals surface area contributed by atoms with Gasteiger partial charge in [-0.05, 0) is 42.5 Å². The summed E-state index contributed by atoms with van der Waals surface area (Å²) < 4.78 is 13.1. The summed E-state index contributed by atoms with van der Waals surface area (Å²) in [6.07, 6.45) is 0. The fourth-order valence-electron chi connectivity index (χ4n) is 2.84. The second kappa shape index (κ2) is 5.38. The zero-order valence-electron chi connectivity index (χ0n) is 12.1. The molecule has 0 aromatic heterocycles. The van der Waals surface area contributed by atoms with Crippen LogP contribution in [0, 0.1) is 5.82 Å². The Labute approximate surface area is 141 Å². The van der Waals surface area contributed by atoms with E-state index in [0.29, 0.717) is 16.4 Å². The molecule has 2 atom stereocenters. The Kier molecular flexibility index (Phi) is 3.31. The zero-order valence-corrected chi connectivity index (χ0v) is 12.9. The molecule has 24 heavy (non-hydrogen) atoms. The number of rotatable bonds is 2. The molecular formula is C16H10ClFN4O2. The first-order valence-electron chi connectivity index (χ1n) is 7.15. The van der Waals surface area contributed by atoms with Crippen molar-refractivity contribution in [2.24, 2.45) is 10.3 Å². The number of anilines is 2. The molecule has 1 fully saturated rings. The summed E-state index contributed by atoms with van der Waals surface area (Å²) in [7, 11) is 0. The van der Waals surface area contributed by atoms with Gasteiger partial charge in [0.1, 0.15) is 5.82 Å². The summed E-state index contributed by atoms with van der Waals surface area (Å²) in [5, 5.41) is 9.75. The third-order valence-electron chi connectivity index (χ3n) is 3.94. The first kappa shape index (κ1) is 14.8. The Balaban J connectivity index is 1.70. The molecule has 2 heterocycles. The van der Waals surface area contributed by atoms with Gasteiger partial charge in [0.25, 0.3) is 11.8 Å². The van der Waals surface area contributed by atoms with Crippen LogP contribution in [-0.2, 0) is 9.59 Å². The number of imide groups is 1. The first-order chi connectivity index (χ1) is 11.6. The lowest BCUT2D eigenvalue weighted by Gasteiger charge is -2.20. The van der Waals surface area contributed by atoms with E-state index in [0.717, 1.165) is 4.90 Å². The van der Waals surface area contributed by atoms with E-state index in [1.807, 2.05) is 0 Å². The molecule has 0 spiro atoms. The Hall–Kier alpha value is -2.80. The third-order valence-corrected chi connectivity index (χ3v) is 4.17. The van der Waals surface area contributed by atoms with Crippen LogP contribution in [0.2, 0.25) is 5.02 Å². The number of carbonyl (C=O) groups excluding carboxylic acids is 2. The van der Waals surface area contributed by atoms with E-state index < -0.39 is 29.7 Å². The van der Waals surface area contributed by atoms with E-state index in [1.165, 1.54) is 29.3 Å². The number of halogens is 2. The highest BCUT2D eigenvalue weighted by Crippen LogP contribution is 2.35. The maximum Gasteiger partial charge on any atom is 0.263 e. The van der Waals surface area contributed by atoms with Crippen LogP contribution in [0.1, 0.15) is 0 Å². The Morgan fingerprint density at radius 3 is 2.46 bits per heavy atom. The van der Waals surface area contributed by atoms with E-state index in [4.69, 9.17) is 11.6 Å². The van der Waals surface area contributed by atoms with E-state index in [9.17, 15) is 14.0 Å². The molecule has 2 aliphatic rings. The lowest BCUT2D eigenvalue weighted by atomic mass is 10.1. The van der Waals surface area contributed by atoms with Gasteiger partial charge in [-0.25, -0.2) is 14.3 Å². The molecule has 0 radical (unpaired) electrons. The van der Waals surface area contributed by atoms with Crippen molar-refractivity contribution in [3.63, 3.8) is 0 Å². The van der Waals surface area contributed by atoms with Gasteiger partial charge in [-0.15, -0.1) is 0 Å². The lowest BCUT2D eigenvalue weighted by molar-refractivity contribution is -0.121. The largest absolute Gasteiger partial charge is 0.271 e. The molecule has 0 saturated carbocycles. The van der Waals surface area contributed by atoms with Gasteiger partial charge in [0, 0.05) is 5.02 Å². The van der Waals surface area contributed by atoms with Crippen LogP contribution in [-0.4, -0.2) is 23.9 Å². The maximum absolute atomic E-state index is 13.1. The molecule has 0 bridgehead atoms. The number of amides is 2. The average molecular weight is 345 g/mol. The molecule has 8 heteroatoms. The topological polar surface area (TPSA) is 65.3 Å². The highest BCUT2D eigenvalue weighted by molar-refractivity contribution is 6.31. The van der Waals surface area contributed by atoms with E-state index in [2.05, 4.69) is 10.3 Å². The van der Waals surface area contributed by atoms with Crippen LogP contribution < -0.4 is 9.91 Å². The third kappa shape index (κ3) is 2.16. The predicted molar refractivity (Wildman–Crippen MR) is 85.3 cm³/mol. The molecule has 0 N–H and O–H groups in total. The predicted octanol–water partition coefficient (Wildman–Crippen LogP) is 2.98. The van der Waals surface area contributed by atoms with Gasteiger partial charge in [-0.3, -0.25) is 9.59 Å². The van der Waals surface area contributed by atoms with Crippen LogP contribution in [0.5, 0.6) is 0 Å². The highest BCUT2D eigenvalue weighted by atomic mass is 35.5.